The molecule has 5 nitrogen and oxygen atoms in total. The van der Waals surface area contributed by atoms with Gasteiger partial charge in [-0.15, -0.1) is 0 Å². The summed E-state index contributed by atoms with van der Waals surface area (Å²) >= 11 is 0. The van der Waals surface area contributed by atoms with Crippen LogP contribution < -0.4 is 5.32 Å². The molecule has 24 heavy (non-hydrogen) atoms. The standard InChI is InChI=1S/C19H17NO4/c1-12-6-7-16-14(11-24-17(16)8-12)10-18(21)20-15-5-3-4-13(9-15)19(22)23-2/h3-9,11H,10H2,1-2H3,(H,20,21). The molecular weight excluding hydrogens is 306 g/mol. The summed E-state index contributed by atoms with van der Waals surface area (Å²) in [5.74, 6) is -0.623. The van der Waals surface area contributed by atoms with Gasteiger partial charge >= 0.3 is 5.97 Å². The molecular formula is C19H17NO4. The Hall–Kier alpha value is -3.08. The lowest BCUT2D eigenvalue weighted by Gasteiger charge is -2.06. The molecule has 1 amide bonds. The molecule has 0 bridgehead atoms. The van der Waals surface area contributed by atoms with E-state index in [0.717, 1.165) is 22.1 Å². The van der Waals surface area contributed by atoms with Crippen LogP contribution in [0, 0.1) is 6.92 Å². The van der Waals surface area contributed by atoms with Crippen LogP contribution >= 0.6 is 0 Å². The minimum Gasteiger partial charge on any atom is -0.465 e. The fourth-order valence-corrected chi connectivity index (χ4v) is 2.55. The van der Waals surface area contributed by atoms with Gasteiger partial charge in [-0.1, -0.05) is 18.2 Å². The maximum absolute atomic E-state index is 12.3. The highest BCUT2D eigenvalue weighted by molar-refractivity contribution is 5.97. The number of ether oxygens (including phenoxy) is 1. The van der Waals surface area contributed by atoms with Crippen LogP contribution in [0.15, 0.2) is 53.1 Å². The first-order valence-electron chi connectivity index (χ1n) is 7.52. The van der Waals surface area contributed by atoms with Crippen molar-refractivity contribution in [3.05, 3.63) is 65.4 Å². The van der Waals surface area contributed by atoms with Gasteiger partial charge in [-0.2, -0.15) is 0 Å². The number of methoxy groups -OCH3 is 1. The van der Waals surface area contributed by atoms with Gasteiger partial charge in [0.1, 0.15) is 5.58 Å². The van der Waals surface area contributed by atoms with Gasteiger partial charge in [0.25, 0.3) is 0 Å². The second kappa shape index (κ2) is 6.58. The van der Waals surface area contributed by atoms with E-state index < -0.39 is 5.97 Å². The summed E-state index contributed by atoms with van der Waals surface area (Å²) in [5, 5.41) is 3.72. The quantitative estimate of drug-likeness (QED) is 0.743. The zero-order valence-electron chi connectivity index (χ0n) is 13.5. The fraction of sp³-hybridized carbons (Fsp3) is 0.158. The van der Waals surface area contributed by atoms with E-state index in [1.807, 2.05) is 25.1 Å². The van der Waals surface area contributed by atoms with E-state index in [-0.39, 0.29) is 12.3 Å². The first-order valence-corrected chi connectivity index (χ1v) is 7.52. The summed E-state index contributed by atoms with van der Waals surface area (Å²) in [5.41, 5.74) is 3.63. The molecule has 0 atom stereocenters. The van der Waals surface area contributed by atoms with E-state index in [1.165, 1.54) is 7.11 Å². The lowest BCUT2D eigenvalue weighted by Crippen LogP contribution is -2.14. The third-order valence-corrected chi connectivity index (χ3v) is 3.73. The van der Waals surface area contributed by atoms with Crippen LogP contribution in [0.25, 0.3) is 11.0 Å². The molecule has 5 heteroatoms. The van der Waals surface area contributed by atoms with E-state index in [9.17, 15) is 9.59 Å². The third kappa shape index (κ3) is 3.30. The van der Waals surface area contributed by atoms with Crippen LogP contribution in [0.2, 0.25) is 0 Å². The molecule has 1 aromatic heterocycles. The van der Waals surface area contributed by atoms with Gasteiger partial charge < -0.3 is 14.5 Å². The normalized spacial score (nSPS) is 10.6. The van der Waals surface area contributed by atoms with Crippen molar-refractivity contribution in [1.29, 1.82) is 0 Å². The predicted octanol–water partition coefficient (Wildman–Crippen LogP) is 3.71. The van der Waals surface area contributed by atoms with E-state index in [1.54, 1.807) is 30.5 Å². The zero-order chi connectivity index (χ0) is 17.1. The number of amides is 1. The van der Waals surface area contributed by atoms with Crippen molar-refractivity contribution in [3.8, 4) is 0 Å². The van der Waals surface area contributed by atoms with Gasteiger partial charge in [-0.25, -0.2) is 4.79 Å². The minimum atomic E-state index is -0.442. The molecule has 2 aromatic carbocycles. The Bertz CT molecular complexity index is 911. The number of carbonyl (C=O) groups excluding carboxylic acids is 2. The van der Waals surface area contributed by atoms with Crippen molar-refractivity contribution in [2.24, 2.45) is 0 Å². The molecule has 0 radical (unpaired) electrons. The molecule has 0 aliphatic heterocycles. The number of rotatable bonds is 4. The first kappa shape index (κ1) is 15.8. The van der Waals surface area contributed by atoms with Crippen molar-refractivity contribution >= 4 is 28.5 Å². The molecule has 3 aromatic rings. The number of anilines is 1. The van der Waals surface area contributed by atoms with Crippen molar-refractivity contribution < 1.29 is 18.7 Å². The van der Waals surface area contributed by atoms with Crippen LogP contribution in [-0.4, -0.2) is 19.0 Å². The fourth-order valence-electron chi connectivity index (χ4n) is 2.55. The molecule has 0 unspecified atom stereocenters. The predicted molar refractivity (Wildman–Crippen MR) is 91.1 cm³/mol. The Balaban J connectivity index is 1.74. The van der Waals surface area contributed by atoms with Gasteiger partial charge in [0.2, 0.25) is 5.91 Å². The number of furan rings is 1. The molecule has 3 rings (SSSR count). The summed E-state index contributed by atoms with van der Waals surface area (Å²) in [6.07, 6.45) is 1.80. The summed E-state index contributed by atoms with van der Waals surface area (Å²) in [4.78, 5) is 23.8. The highest BCUT2D eigenvalue weighted by Gasteiger charge is 2.12. The van der Waals surface area contributed by atoms with Crippen LogP contribution in [0.3, 0.4) is 0 Å². The zero-order valence-corrected chi connectivity index (χ0v) is 13.5. The van der Waals surface area contributed by atoms with Crippen molar-refractivity contribution in [1.82, 2.24) is 0 Å². The van der Waals surface area contributed by atoms with E-state index in [2.05, 4.69) is 10.1 Å². The maximum atomic E-state index is 12.3. The number of fused-ring (bicyclic) bond motifs is 1. The number of carbonyl (C=O) groups is 2. The Labute approximate surface area is 139 Å². The Morgan fingerprint density at radius 3 is 2.79 bits per heavy atom. The van der Waals surface area contributed by atoms with Crippen LogP contribution in [-0.2, 0) is 16.0 Å². The van der Waals surface area contributed by atoms with Gasteiger partial charge in [0.15, 0.2) is 0 Å². The minimum absolute atomic E-state index is 0.180. The topological polar surface area (TPSA) is 68.5 Å². The highest BCUT2D eigenvalue weighted by Crippen LogP contribution is 2.23. The van der Waals surface area contributed by atoms with E-state index in [0.29, 0.717) is 11.3 Å². The highest BCUT2D eigenvalue weighted by atomic mass is 16.5. The second-order valence-electron chi connectivity index (χ2n) is 5.56. The van der Waals surface area contributed by atoms with Gasteiger partial charge in [0.05, 0.1) is 25.4 Å². The smallest absolute Gasteiger partial charge is 0.337 e. The van der Waals surface area contributed by atoms with Crippen LogP contribution in [0.1, 0.15) is 21.5 Å². The number of benzene rings is 2. The molecule has 0 fully saturated rings. The molecule has 0 aliphatic carbocycles. The molecule has 1 heterocycles. The Morgan fingerprint density at radius 2 is 2.00 bits per heavy atom. The maximum Gasteiger partial charge on any atom is 0.337 e. The summed E-state index contributed by atoms with van der Waals surface area (Å²) < 4.78 is 10.2. The third-order valence-electron chi connectivity index (χ3n) is 3.73. The molecule has 122 valence electrons. The SMILES string of the molecule is COC(=O)c1cccc(NC(=O)Cc2coc3cc(C)ccc23)c1. The number of esters is 1. The van der Waals surface area contributed by atoms with Crippen LogP contribution in [0.4, 0.5) is 5.69 Å². The largest absolute Gasteiger partial charge is 0.465 e. The van der Waals surface area contributed by atoms with Crippen molar-refractivity contribution in [2.45, 2.75) is 13.3 Å². The molecule has 0 aliphatic rings. The molecule has 0 spiro atoms. The summed E-state index contributed by atoms with van der Waals surface area (Å²) in [6.45, 7) is 1.99. The lowest BCUT2D eigenvalue weighted by molar-refractivity contribution is -0.115. The Kier molecular flexibility index (Phi) is 4.33. The Morgan fingerprint density at radius 1 is 1.17 bits per heavy atom. The van der Waals surface area contributed by atoms with E-state index >= 15 is 0 Å². The molecule has 1 N–H and O–H groups in total. The monoisotopic (exact) mass is 323 g/mol. The average molecular weight is 323 g/mol. The van der Waals surface area contributed by atoms with Crippen molar-refractivity contribution in [3.63, 3.8) is 0 Å². The first-order chi connectivity index (χ1) is 11.6. The molecule has 0 saturated carbocycles. The summed E-state index contributed by atoms with van der Waals surface area (Å²) in [6, 6.07) is 12.5. The van der Waals surface area contributed by atoms with Gasteiger partial charge in [-0.3, -0.25) is 4.79 Å². The van der Waals surface area contributed by atoms with Gasteiger partial charge in [0, 0.05) is 16.6 Å². The number of hydrogen-bond donors (Lipinski definition) is 1. The molecule has 0 saturated heterocycles. The summed E-state index contributed by atoms with van der Waals surface area (Å²) in [7, 11) is 1.32. The van der Waals surface area contributed by atoms with E-state index in [4.69, 9.17) is 4.42 Å². The van der Waals surface area contributed by atoms with Crippen molar-refractivity contribution in [2.75, 3.05) is 12.4 Å². The van der Waals surface area contributed by atoms with Crippen LogP contribution in [0.5, 0.6) is 0 Å². The average Bonchev–Trinajstić information content (AvgIpc) is 2.96. The van der Waals surface area contributed by atoms with Gasteiger partial charge in [-0.05, 0) is 36.8 Å². The number of aryl methyl sites for hydroxylation is 1. The second-order valence-corrected chi connectivity index (χ2v) is 5.56. The number of nitrogens with one attached hydrogen (secondary N) is 1. The lowest BCUT2D eigenvalue weighted by atomic mass is 10.1. The number of hydrogen-bond acceptors (Lipinski definition) is 4.